The molecule has 92 valence electrons. The van der Waals surface area contributed by atoms with Crippen LogP contribution in [0, 0.1) is 11.8 Å². The van der Waals surface area contributed by atoms with Crippen LogP contribution < -0.4 is 5.73 Å². The van der Waals surface area contributed by atoms with Crippen molar-refractivity contribution in [1.29, 1.82) is 0 Å². The molecule has 0 radical (unpaired) electrons. The molecule has 0 saturated carbocycles. The van der Waals surface area contributed by atoms with Crippen LogP contribution in [0.5, 0.6) is 0 Å². The lowest BCUT2D eigenvalue weighted by molar-refractivity contribution is 0.0999. The largest absolute Gasteiger partial charge is 0.380 e. The highest BCUT2D eigenvalue weighted by atomic mass is 16.5. The normalized spacial score (nSPS) is 13.8. The van der Waals surface area contributed by atoms with E-state index in [2.05, 4.69) is 32.7 Å². The average Bonchev–Trinajstić information content (AvgIpc) is 2.16. The Morgan fingerprint density at radius 3 is 2.40 bits per heavy atom. The molecule has 0 rings (SSSR count). The lowest BCUT2D eigenvalue weighted by Gasteiger charge is -2.20. The van der Waals surface area contributed by atoms with Gasteiger partial charge in [-0.25, -0.2) is 0 Å². The molecule has 3 heteroatoms. The first kappa shape index (κ1) is 14.9. The molecule has 0 spiro atoms. The average molecular weight is 216 g/mol. The fraction of sp³-hybridized carbons (Fsp3) is 1.00. The molecule has 0 heterocycles. The summed E-state index contributed by atoms with van der Waals surface area (Å²) in [6, 6.07) is 0. The van der Waals surface area contributed by atoms with Gasteiger partial charge in [0.15, 0.2) is 0 Å². The van der Waals surface area contributed by atoms with Gasteiger partial charge in [0.1, 0.15) is 0 Å². The Morgan fingerprint density at radius 1 is 1.20 bits per heavy atom. The van der Waals surface area contributed by atoms with Crippen LogP contribution >= 0.6 is 0 Å². The fourth-order valence-electron chi connectivity index (χ4n) is 1.34. The van der Waals surface area contributed by atoms with Crippen molar-refractivity contribution in [2.45, 2.75) is 27.2 Å². The summed E-state index contributed by atoms with van der Waals surface area (Å²) in [6.45, 7) is 11.2. The quantitative estimate of drug-likeness (QED) is 0.595. The van der Waals surface area contributed by atoms with Gasteiger partial charge >= 0.3 is 0 Å². The van der Waals surface area contributed by atoms with Crippen LogP contribution in [0.25, 0.3) is 0 Å². The van der Waals surface area contributed by atoms with Gasteiger partial charge in [-0.1, -0.05) is 20.8 Å². The first-order valence-electron chi connectivity index (χ1n) is 6.02. The fourth-order valence-corrected chi connectivity index (χ4v) is 1.34. The zero-order chi connectivity index (χ0) is 11.7. The molecule has 2 N–H and O–H groups in total. The Kier molecular flexibility index (Phi) is 9.06. The molecule has 1 atom stereocenters. The van der Waals surface area contributed by atoms with Gasteiger partial charge in [-0.05, 0) is 31.8 Å². The molecule has 0 saturated heterocycles. The predicted octanol–water partition coefficient (Wildman–Crippen LogP) is 1.58. The van der Waals surface area contributed by atoms with E-state index in [0.717, 1.165) is 45.2 Å². The van der Waals surface area contributed by atoms with Crippen LogP contribution in [-0.4, -0.2) is 44.8 Å². The smallest absolute Gasteiger partial charge is 0.0593 e. The van der Waals surface area contributed by atoms with Crippen molar-refractivity contribution in [1.82, 2.24) is 4.90 Å². The number of nitrogens with two attached hydrogens (primary N) is 1. The van der Waals surface area contributed by atoms with Gasteiger partial charge in [0, 0.05) is 19.7 Å². The molecule has 0 aliphatic heterocycles. The van der Waals surface area contributed by atoms with Gasteiger partial charge in [-0.15, -0.1) is 0 Å². The number of hydrogen-bond acceptors (Lipinski definition) is 3. The lowest BCUT2D eigenvalue weighted by Crippen LogP contribution is -2.31. The Bertz CT molecular complexity index is 140. The number of ether oxygens (including phenoxy) is 1. The first-order valence-corrected chi connectivity index (χ1v) is 6.02. The monoisotopic (exact) mass is 216 g/mol. The van der Waals surface area contributed by atoms with E-state index in [1.807, 2.05) is 0 Å². The summed E-state index contributed by atoms with van der Waals surface area (Å²) in [6.07, 6.45) is 1.16. The van der Waals surface area contributed by atoms with E-state index >= 15 is 0 Å². The van der Waals surface area contributed by atoms with E-state index in [1.54, 1.807) is 0 Å². The van der Waals surface area contributed by atoms with Gasteiger partial charge in [0.25, 0.3) is 0 Å². The van der Waals surface area contributed by atoms with Crippen molar-refractivity contribution in [3.8, 4) is 0 Å². The van der Waals surface area contributed by atoms with Gasteiger partial charge < -0.3 is 15.4 Å². The van der Waals surface area contributed by atoms with Crippen molar-refractivity contribution < 1.29 is 4.74 Å². The minimum Gasteiger partial charge on any atom is -0.380 e. The second-order valence-corrected chi connectivity index (χ2v) is 4.90. The lowest BCUT2D eigenvalue weighted by atomic mass is 10.1. The number of rotatable bonds is 9. The van der Waals surface area contributed by atoms with Gasteiger partial charge in [0.05, 0.1) is 6.61 Å². The predicted molar refractivity (Wildman–Crippen MR) is 66.0 cm³/mol. The van der Waals surface area contributed by atoms with Crippen LogP contribution in [0.3, 0.4) is 0 Å². The molecule has 0 aliphatic rings. The van der Waals surface area contributed by atoms with E-state index in [4.69, 9.17) is 10.5 Å². The second-order valence-electron chi connectivity index (χ2n) is 4.90. The molecule has 0 aromatic rings. The Morgan fingerprint density at radius 2 is 1.87 bits per heavy atom. The highest BCUT2D eigenvalue weighted by molar-refractivity contribution is 4.59. The summed E-state index contributed by atoms with van der Waals surface area (Å²) < 4.78 is 5.56. The summed E-state index contributed by atoms with van der Waals surface area (Å²) in [7, 11) is 2.12. The van der Waals surface area contributed by atoms with Crippen molar-refractivity contribution in [3.63, 3.8) is 0 Å². The van der Waals surface area contributed by atoms with E-state index in [0.29, 0.717) is 5.92 Å². The molecule has 0 amide bonds. The maximum absolute atomic E-state index is 5.57. The van der Waals surface area contributed by atoms with Crippen molar-refractivity contribution >= 4 is 0 Å². The molecule has 0 aliphatic carbocycles. The molecule has 15 heavy (non-hydrogen) atoms. The third-order valence-electron chi connectivity index (χ3n) is 2.48. The molecule has 0 aromatic carbocycles. The van der Waals surface area contributed by atoms with Crippen molar-refractivity contribution in [2.75, 3.05) is 39.9 Å². The number of hydrogen-bond donors (Lipinski definition) is 1. The molecule has 0 fully saturated rings. The van der Waals surface area contributed by atoms with Gasteiger partial charge in [-0.3, -0.25) is 0 Å². The van der Waals surface area contributed by atoms with Crippen LogP contribution in [0.15, 0.2) is 0 Å². The summed E-state index contributed by atoms with van der Waals surface area (Å²) in [4.78, 5) is 2.28. The Labute approximate surface area is 95.0 Å². The summed E-state index contributed by atoms with van der Waals surface area (Å²) in [5.41, 5.74) is 5.57. The highest BCUT2D eigenvalue weighted by Crippen LogP contribution is 1.99. The van der Waals surface area contributed by atoms with E-state index in [1.165, 1.54) is 0 Å². The summed E-state index contributed by atoms with van der Waals surface area (Å²) >= 11 is 0. The first-order chi connectivity index (χ1) is 7.06. The minimum absolute atomic E-state index is 0.575. The van der Waals surface area contributed by atoms with Crippen molar-refractivity contribution in [2.24, 2.45) is 17.6 Å². The zero-order valence-electron chi connectivity index (χ0n) is 10.8. The molecular formula is C12H28N2O. The molecule has 1 unspecified atom stereocenters. The zero-order valence-corrected chi connectivity index (χ0v) is 10.8. The highest BCUT2D eigenvalue weighted by Gasteiger charge is 2.04. The molecular weight excluding hydrogens is 188 g/mol. The number of likely N-dealkylation sites (N-methyl/N-ethyl adjacent to an activating group) is 1. The SMILES string of the molecule is CC(C)CCOCCN(C)CC(C)CN. The van der Waals surface area contributed by atoms with Crippen molar-refractivity contribution in [3.05, 3.63) is 0 Å². The van der Waals surface area contributed by atoms with Crippen LogP contribution in [0.1, 0.15) is 27.2 Å². The Balaban J connectivity index is 3.27. The third-order valence-corrected chi connectivity index (χ3v) is 2.48. The third kappa shape index (κ3) is 10.2. The summed E-state index contributed by atoms with van der Waals surface area (Å²) in [5.74, 6) is 1.31. The number of nitrogens with zero attached hydrogens (tertiary/aromatic N) is 1. The molecule has 0 aromatic heterocycles. The molecule has 0 bridgehead atoms. The van der Waals surface area contributed by atoms with Crippen LogP contribution in [-0.2, 0) is 4.74 Å². The van der Waals surface area contributed by atoms with Gasteiger partial charge in [-0.2, -0.15) is 0 Å². The van der Waals surface area contributed by atoms with Crippen LogP contribution in [0.2, 0.25) is 0 Å². The van der Waals surface area contributed by atoms with Crippen LogP contribution in [0.4, 0.5) is 0 Å². The van der Waals surface area contributed by atoms with E-state index < -0.39 is 0 Å². The van der Waals surface area contributed by atoms with E-state index in [9.17, 15) is 0 Å². The topological polar surface area (TPSA) is 38.5 Å². The standard InChI is InChI=1S/C12H28N2O/c1-11(2)5-7-15-8-6-14(4)10-12(3)9-13/h11-12H,5-10,13H2,1-4H3. The van der Waals surface area contributed by atoms with Gasteiger partial charge in [0.2, 0.25) is 0 Å². The van der Waals surface area contributed by atoms with E-state index in [-0.39, 0.29) is 0 Å². The minimum atomic E-state index is 0.575. The maximum atomic E-state index is 5.57. The summed E-state index contributed by atoms with van der Waals surface area (Å²) in [5, 5.41) is 0. The second kappa shape index (κ2) is 9.13. The maximum Gasteiger partial charge on any atom is 0.0593 e. The molecule has 3 nitrogen and oxygen atoms in total. The Hall–Kier alpha value is -0.120.